The van der Waals surface area contributed by atoms with E-state index in [9.17, 15) is 0 Å². The Balaban J connectivity index is 2.21. The number of fused-ring (bicyclic) bond motifs is 1. The lowest BCUT2D eigenvalue weighted by Gasteiger charge is -2.15. The van der Waals surface area contributed by atoms with Crippen LogP contribution in [0.15, 0.2) is 17.6 Å². The van der Waals surface area contributed by atoms with Crippen molar-refractivity contribution in [2.24, 2.45) is 0 Å². The molecule has 2 aromatic heterocycles. The maximum absolute atomic E-state index is 5.96. The molecular weight excluding hydrogens is 230 g/mol. The number of halogens is 1. The maximum atomic E-state index is 5.96. The van der Waals surface area contributed by atoms with Crippen LogP contribution in [0.3, 0.4) is 0 Å². The molecule has 80 valence electrons. The summed E-state index contributed by atoms with van der Waals surface area (Å²) in [6, 6.07) is 2.14. The van der Waals surface area contributed by atoms with E-state index in [1.54, 1.807) is 11.3 Å². The lowest BCUT2D eigenvalue weighted by Crippen LogP contribution is -2.25. The highest BCUT2D eigenvalue weighted by Gasteiger charge is 2.10. The standard InChI is InChI=1S/C10H12ClN3S/c1-6(11)7(2)13-10-12-5-9-8(14-10)3-4-15-9/h3-7H,1-2H3,(H,12,13,14). The summed E-state index contributed by atoms with van der Waals surface area (Å²) in [6.07, 6.45) is 1.83. The average molecular weight is 242 g/mol. The van der Waals surface area contributed by atoms with Gasteiger partial charge in [-0.15, -0.1) is 22.9 Å². The van der Waals surface area contributed by atoms with Gasteiger partial charge in [-0.2, -0.15) is 0 Å². The van der Waals surface area contributed by atoms with Gasteiger partial charge in [-0.1, -0.05) is 0 Å². The number of anilines is 1. The monoisotopic (exact) mass is 241 g/mol. The average Bonchev–Trinajstić information content (AvgIpc) is 2.64. The largest absolute Gasteiger partial charge is 0.350 e. The van der Waals surface area contributed by atoms with Crippen LogP contribution in [-0.2, 0) is 0 Å². The van der Waals surface area contributed by atoms with Crippen LogP contribution in [0.5, 0.6) is 0 Å². The molecular formula is C10H12ClN3S. The summed E-state index contributed by atoms with van der Waals surface area (Å²) in [6.45, 7) is 3.96. The van der Waals surface area contributed by atoms with Crippen LogP contribution in [0.2, 0.25) is 0 Å². The van der Waals surface area contributed by atoms with Gasteiger partial charge < -0.3 is 5.32 Å². The lowest BCUT2D eigenvalue weighted by atomic mass is 10.2. The fourth-order valence-corrected chi connectivity index (χ4v) is 1.91. The fraction of sp³-hybridized carbons (Fsp3) is 0.400. The van der Waals surface area contributed by atoms with Crippen molar-refractivity contribution in [3.8, 4) is 0 Å². The topological polar surface area (TPSA) is 37.8 Å². The Kier molecular flexibility index (Phi) is 3.07. The first kappa shape index (κ1) is 10.6. The second-order valence-corrected chi connectivity index (χ2v) is 5.11. The lowest BCUT2D eigenvalue weighted by molar-refractivity contribution is 0.762. The molecule has 2 aromatic rings. The molecule has 0 radical (unpaired) electrons. The smallest absolute Gasteiger partial charge is 0.223 e. The third kappa shape index (κ3) is 2.38. The highest BCUT2D eigenvalue weighted by atomic mass is 35.5. The number of alkyl halides is 1. The minimum Gasteiger partial charge on any atom is -0.350 e. The zero-order chi connectivity index (χ0) is 10.8. The molecule has 2 atom stereocenters. The molecule has 0 saturated heterocycles. The summed E-state index contributed by atoms with van der Waals surface area (Å²) in [7, 11) is 0. The molecule has 0 amide bonds. The molecule has 0 aromatic carbocycles. The predicted octanol–water partition coefficient (Wildman–Crippen LogP) is 3.12. The van der Waals surface area contributed by atoms with Crippen LogP contribution in [-0.4, -0.2) is 21.4 Å². The van der Waals surface area contributed by atoms with Gasteiger partial charge in [0.25, 0.3) is 0 Å². The van der Waals surface area contributed by atoms with E-state index in [2.05, 4.69) is 15.3 Å². The van der Waals surface area contributed by atoms with E-state index in [4.69, 9.17) is 11.6 Å². The van der Waals surface area contributed by atoms with E-state index in [0.29, 0.717) is 5.95 Å². The highest BCUT2D eigenvalue weighted by molar-refractivity contribution is 7.17. The van der Waals surface area contributed by atoms with Crippen molar-refractivity contribution in [1.29, 1.82) is 0 Å². The Hall–Kier alpha value is -0.870. The molecule has 2 rings (SSSR count). The van der Waals surface area contributed by atoms with Crippen LogP contribution in [0.1, 0.15) is 13.8 Å². The SMILES string of the molecule is CC(Cl)C(C)Nc1ncc2sccc2n1. The number of hydrogen-bond acceptors (Lipinski definition) is 4. The highest BCUT2D eigenvalue weighted by Crippen LogP contribution is 2.19. The maximum Gasteiger partial charge on any atom is 0.223 e. The van der Waals surface area contributed by atoms with E-state index in [1.165, 1.54) is 0 Å². The number of aromatic nitrogens is 2. The molecule has 15 heavy (non-hydrogen) atoms. The first-order chi connectivity index (χ1) is 7.16. The number of thiophene rings is 1. The molecule has 0 saturated carbocycles. The second-order valence-electron chi connectivity index (χ2n) is 3.47. The fourth-order valence-electron chi connectivity index (χ4n) is 1.15. The van der Waals surface area contributed by atoms with Crippen LogP contribution < -0.4 is 5.32 Å². The van der Waals surface area contributed by atoms with Gasteiger partial charge in [-0.25, -0.2) is 9.97 Å². The Bertz CT molecular complexity index is 455. The van der Waals surface area contributed by atoms with Gasteiger partial charge in [0.1, 0.15) is 0 Å². The van der Waals surface area contributed by atoms with Crippen molar-refractivity contribution in [2.45, 2.75) is 25.3 Å². The molecule has 0 aliphatic heterocycles. The molecule has 0 aliphatic rings. The van der Waals surface area contributed by atoms with Gasteiger partial charge in [-0.05, 0) is 25.3 Å². The van der Waals surface area contributed by atoms with E-state index in [-0.39, 0.29) is 11.4 Å². The summed E-state index contributed by atoms with van der Waals surface area (Å²) in [5.41, 5.74) is 0.979. The number of nitrogens with zero attached hydrogens (tertiary/aromatic N) is 2. The molecule has 2 heterocycles. The second kappa shape index (κ2) is 4.33. The summed E-state index contributed by atoms with van der Waals surface area (Å²) >= 11 is 7.60. The van der Waals surface area contributed by atoms with Crippen molar-refractivity contribution in [3.05, 3.63) is 17.6 Å². The van der Waals surface area contributed by atoms with Crippen molar-refractivity contribution >= 4 is 39.1 Å². The minimum atomic E-state index is 0.0479. The quantitative estimate of drug-likeness (QED) is 0.839. The van der Waals surface area contributed by atoms with Crippen molar-refractivity contribution < 1.29 is 0 Å². The zero-order valence-electron chi connectivity index (χ0n) is 8.57. The number of rotatable bonds is 3. The van der Waals surface area contributed by atoms with Crippen molar-refractivity contribution in [2.75, 3.05) is 5.32 Å². The van der Waals surface area contributed by atoms with Crippen LogP contribution in [0.4, 0.5) is 5.95 Å². The Morgan fingerprint density at radius 3 is 3.00 bits per heavy atom. The van der Waals surface area contributed by atoms with Gasteiger partial charge in [0.2, 0.25) is 5.95 Å². The van der Waals surface area contributed by atoms with Gasteiger partial charge in [0.15, 0.2) is 0 Å². The summed E-state index contributed by atoms with van der Waals surface area (Å²) in [5, 5.41) is 5.23. The van der Waals surface area contributed by atoms with Gasteiger partial charge in [0, 0.05) is 6.04 Å². The third-order valence-corrected chi connectivity index (χ3v) is 3.47. The van der Waals surface area contributed by atoms with Crippen molar-refractivity contribution in [1.82, 2.24) is 9.97 Å². The van der Waals surface area contributed by atoms with Crippen LogP contribution >= 0.6 is 22.9 Å². The first-order valence-corrected chi connectivity index (χ1v) is 6.09. The van der Waals surface area contributed by atoms with Crippen LogP contribution in [0, 0.1) is 0 Å². The van der Waals surface area contributed by atoms with Crippen molar-refractivity contribution in [3.63, 3.8) is 0 Å². The normalized spacial score (nSPS) is 15.1. The summed E-state index contributed by atoms with van der Waals surface area (Å²) in [5.74, 6) is 0.640. The van der Waals surface area contributed by atoms with Gasteiger partial charge >= 0.3 is 0 Å². The first-order valence-electron chi connectivity index (χ1n) is 4.77. The van der Waals surface area contributed by atoms with Crippen LogP contribution in [0.25, 0.3) is 10.2 Å². The number of hydrogen-bond donors (Lipinski definition) is 1. The summed E-state index contributed by atoms with van der Waals surface area (Å²) in [4.78, 5) is 8.62. The third-order valence-electron chi connectivity index (χ3n) is 2.25. The van der Waals surface area contributed by atoms with E-state index >= 15 is 0 Å². The molecule has 0 spiro atoms. The molecule has 3 nitrogen and oxygen atoms in total. The Morgan fingerprint density at radius 2 is 2.27 bits per heavy atom. The Labute approximate surface area is 97.5 Å². The minimum absolute atomic E-state index is 0.0479. The molecule has 0 fully saturated rings. The number of nitrogens with one attached hydrogen (secondary N) is 1. The molecule has 5 heteroatoms. The van der Waals surface area contributed by atoms with E-state index in [1.807, 2.05) is 31.5 Å². The molecule has 0 aliphatic carbocycles. The van der Waals surface area contributed by atoms with Gasteiger partial charge in [-0.3, -0.25) is 0 Å². The Morgan fingerprint density at radius 1 is 1.47 bits per heavy atom. The predicted molar refractivity (Wildman–Crippen MR) is 65.8 cm³/mol. The van der Waals surface area contributed by atoms with E-state index in [0.717, 1.165) is 10.2 Å². The van der Waals surface area contributed by atoms with Gasteiger partial charge in [0.05, 0.1) is 21.8 Å². The molecule has 1 N–H and O–H groups in total. The zero-order valence-corrected chi connectivity index (χ0v) is 10.1. The molecule has 0 bridgehead atoms. The van der Waals surface area contributed by atoms with E-state index < -0.39 is 0 Å². The summed E-state index contributed by atoms with van der Waals surface area (Å²) < 4.78 is 1.10. The molecule has 2 unspecified atom stereocenters.